The summed E-state index contributed by atoms with van der Waals surface area (Å²) in [5.41, 5.74) is 1.77. The molecule has 0 aromatic heterocycles. The molecule has 68 valence electrons. The lowest BCUT2D eigenvalue weighted by Gasteiger charge is -2.18. The Hall–Kier alpha value is -0.830. The molecule has 0 N–H and O–H groups in total. The van der Waals surface area contributed by atoms with Crippen LogP contribution in [0.5, 0.6) is 5.75 Å². The fourth-order valence-electron chi connectivity index (χ4n) is 1.56. The molecule has 0 amide bonds. The van der Waals surface area contributed by atoms with E-state index in [0.29, 0.717) is 5.56 Å². The van der Waals surface area contributed by atoms with Crippen molar-refractivity contribution < 1.29 is 9.53 Å². The summed E-state index contributed by atoms with van der Waals surface area (Å²) in [5.74, 6) is 0.768. The number of aryl methyl sites for hydroxylation is 1. The predicted octanol–water partition coefficient (Wildman–Crippen LogP) is 2.59. The number of rotatable bonds is 1. The van der Waals surface area contributed by atoms with Gasteiger partial charge in [-0.25, -0.2) is 0 Å². The quantitative estimate of drug-likeness (QED) is 0.706. The van der Waals surface area contributed by atoms with Gasteiger partial charge in [0.2, 0.25) is 0 Å². The zero-order valence-electron chi connectivity index (χ0n) is 7.05. The van der Waals surface area contributed by atoms with Gasteiger partial charge in [0.1, 0.15) is 5.75 Å². The second-order valence-corrected chi connectivity index (χ2v) is 3.97. The molecule has 1 aromatic rings. The molecule has 2 nitrogen and oxygen atoms in total. The first-order valence-corrected chi connectivity index (χ1v) is 5.01. The lowest BCUT2D eigenvalue weighted by molar-refractivity contribution is 0.111. The third-order valence-corrected chi connectivity index (χ3v) is 2.58. The lowest BCUT2D eigenvalue weighted by atomic mass is 10.0. The summed E-state index contributed by atoms with van der Waals surface area (Å²) in [4.78, 5) is 10.7. The zero-order chi connectivity index (χ0) is 9.26. The third kappa shape index (κ3) is 1.61. The number of fused-ring (bicyclic) bond motifs is 1. The van der Waals surface area contributed by atoms with E-state index in [0.717, 1.165) is 41.5 Å². The Morgan fingerprint density at radius 3 is 3.08 bits per heavy atom. The highest BCUT2D eigenvalue weighted by Crippen LogP contribution is 2.31. The second kappa shape index (κ2) is 3.50. The Bertz CT molecular complexity index is 347. The average molecular weight is 241 g/mol. The SMILES string of the molecule is O=Cc1cc(Br)cc2c1OCCC2. The molecular formula is C10H9BrO2. The Balaban J connectivity index is 2.56. The third-order valence-electron chi connectivity index (χ3n) is 2.12. The van der Waals surface area contributed by atoms with Crippen molar-refractivity contribution in [2.24, 2.45) is 0 Å². The maximum atomic E-state index is 10.7. The van der Waals surface area contributed by atoms with Gasteiger partial charge in [0.05, 0.1) is 12.2 Å². The lowest BCUT2D eigenvalue weighted by Crippen LogP contribution is -2.10. The first kappa shape index (κ1) is 8.75. The fourth-order valence-corrected chi connectivity index (χ4v) is 2.08. The molecule has 0 saturated carbocycles. The highest BCUT2D eigenvalue weighted by molar-refractivity contribution is 9.10. The van der Waals surface area contributed by atoms with Gasteiger partial charge in [0.15, 0.2) is 6.29 Å². The van der Waals surface area contributed by atoms with Gasteiger partial charge in [0.25, 0.3) is 0 Å². The van der Waals surface area contributed by atoms with Crippen LogP contribution in [0.25, 0.3) is 0 Å². The molecule has 1 aliphatic heterocycles. The van der Waals surface area contributed by atoms with E-state index in [1.54, 1.807) is 6.07 Å². The molecule has 2 rings (SSSR count). The molecule has 0 saturated heterocycles. The molecule has 0 atom stereocenters. The summed E-state index contributed by atoms with van der Waals surface area (Å²) >= 11 is 3.37. The van der Waals surface area contributed by atoms with E-state index in [1.807, 2.05) is 6.07 Å². The van der Waals surface area contributed by atoms with Crippen LogP contribution in [0, 0.1) is 0 Å². The summed E-state index contributed by atoms with van der Waals surface area (Å²) in [5, 5.41) is 0. The monoisotopic (exact) mass is 240 g/mol. The molecule has 3 heteroatoms. The van der Waals surface area contributed by atoms with Gasteiger partial charge in [-0.05, 0) is 30.5 Å². The van der Waals surface area contributed by atoms with Crippen molar-refractivity contribution in [2.75, 3.05) is 6.61 Å². The maximum absolute atomic E-state index is 10.7. The van der Waals surface area contributed by atoms with Crippen LogP contribution in [0.2, 0.25) is 0 Å². The van der Waals surface area contributed by atoms with Crippen LogP contribution >= 0.6 is 15.9 Å². The molecule has 0 bridgehead atoms. The van der Waals surface area contributed by atoms with E-state index < -0.39 is 0 Å². The molecule has 1 aliphatic rings. The Labute approximate surface area is 85.0 Å². The van der Waals surface area contributed by atoms with E-state index >= 15 is 0 Å². The standard InChI is InChI=1S/C10H9BrO2/c11-9-4-7-2-1-3-13-10(7)8(5-9)6-12/h4-6H,1-3H2. The summed E-state index contributed by atoms with van der Waals surface area (Å²) in [6.45, 7) is 0.718. The van der Waals surface area contributed by atoms with Crippen LogP contribution in [0.15, 0.2) is 16.6 Å². The van der Waals surface area contributed by atoms with E-state index in [2.05, 4.69) is 15.9 Å². The molecule has 0 aliphatic carbocycles. The van der Waals surface area contributed by atoms with Gasteiger partial charge < -0.3 is 4.74 Å². The normalized spacial score (nSPS) is 14.5. The highest BCUT2D eigenvalue weighted by atomic mass is 79.9. The van der Waals surface area contributed by atoms with E-state index in [-0.39, 0.29) is 0 Å². The largest absolute Gasteiger partial charge is 0.493 e. The molecule has 1 heterocycles. The smallest absolute Gasteiger partial charge is 0.153 e. The van der Waals surface area contributed by atoms with Crippen molar-refractivity contribution in [3.8, 4) is 5.75 Å². The minimum absolute atomic E-state index is 0.643. The number of halogens is 1. The van der Waals surface area contributed by atoms with Gasteiger partial charge in [-0.15, -0.1) is 0 Å². The number of aldehydes is 1. The molecule has 0 radical (unpaired) electrons. The molecular weight excluding hydrogens is 232 g/mol. The molecule has 1 aromatic carbocycles. The van der Waals surface area contributed by atoms with Crippen LogP contribution < -0.4 is 4.74 Å². The van der Waals surface area contributed by atoms with Crippen LogP contribution in [0.1, 0.15) is 22.3 Å². The minimum Gasteiger partial charge on any atom is -0.493 e. The first-order chi connectivity index (χ1) is 6.31. The Morgan fingerprint density at radius 1 is 1.46 bits per heavy atom. The van der Waals surface area contributed by atoms with Crippen molar-refractivity contribution in [2.45, 2.75) is 12.8 Å². The van der Waals surface area contributed by atoms with Gasteiger partial charge in [0, 0.05) is 4.47 Å². The van der Waals surface area contributed by atoms with Crippen LogP contribution in [-0.4, -0.2) is 12.9 Å². The Kier molecular flexibility index (Phi) is 2.36. The predicted molar refractivity (Wildman–Crippen MR) is 53.3 cm³/mol. The summed E-state index contributed by atoms with van der Waals surface area (Å²) in [6, 6.07) is 3.80. The van der Waals surface area contributed by atoms with Crippen LogP contribution in [0.4, 0.5) is 0 Å². The van der Waals surface area contributed by atoms with Gasteiger partial charge in [-0.3, -0.25) is 4.79 Å². The zero-order valence-corrected chi connectivity index (χ0v) is 8.63. The summed E-state index contributed by atoms with van der Waals surface area (Å²) < 4.78 is 6.39. The highest BCUT2D eigenvalue weighted by Gasteiger charge is 2.14. The second-order valence-electron chi connectivity index (χ2n) is 3.05. The van der Waals surface area contributed by atoms with E-state index in [1.165, 1.54) is 0 Å². The fraction of sp³-hybridized carbons (Fsp3) is 0.300. The van der Waals surface area contributed by atoms with Gasteiger partial charge in [-0.1, -0.05) is 15.9 Å². The molecule has 13 heavy (non-hydrogen) atoms. The molecule has 0 fully saturated rings. The maximum Gasteiger partial charge on any atom is 0.153 e. The number of ether oxygens (including phenoxy) is 1. The first-order valence-electron chi connectivity index (χ1n) is 4.21. The van der Waals surface area contributed by atoms with Crippen molar-refractivity contribution in [3.63, 3.8) is 0 Å². The van der Waals surface area contributed by atoms with Gasteiger partial charge >= 0.3 is 0 Å². The van der Waals surface area contributed by atoms with Crippen molar-refractivity contribution in [1.29, 1.82) is 0 Å². The average Bonchev–Trinajstić information content (AvgIpc) is 2.16. The topological polar surface area (TPSA) is 26.3 Å². The molecule has 0 unspecified atom stereocenters. The van der Waals surface area contributed by atoms with Crippen LogP contribution in [0.3, 0.4) is 0 Å². The van der Waals surface area contributed by atoms with Crippen LogP contribution in [-0.2, 0) is 6.42 Å². The number of carbonyl (C=O) groups is 1. The summed E-state index contributed by atoms with van der Waals surface area (Å²) in [6.07, 6.45) is 2.87. The number of benzene rings is 1. The summed E-state index contributed by atoms with van der Waals surface area (Å²) in [7, 11) is 0. The van der Waals surface area contributed by atoms with E-state index in [9.17, 15) is 4.79 Å². The van der Waals surface area contributed by atoms with Crippen molar-refractivity contribution in [3.05, 3.63) is 27.7 Å². The minimum atomic E-state index is 0.643. The van der Waals surface area contributed by atoms with Crippen molar-refractivity contribution in [1.82, 2.24) is 0 Å². The number of hydrogen-bond acceptors (Lipinski definition) is 2. The Morgan fingerprint density at radius 2 is 2.31 bits per heavy atom. The van der Waals surface area contributed by atoms with E-state index in [4.69, 9.17) is 4.74 Å². The number of hydrogen-bond donors (Lipinski definition) is 0. The van der Waals surface area contributed by atoms with Gasteiger partial charge in [-0.2, -0.15) is 0 Å². The molecule has 0 spiro atoms. The van der Waals surface area contributed by atoms with Crippen molar-refractivity contribution >= 4 is 22.2 Å². The number of carbonyl (C=O) groups excluding carboxylic acids is 1.